The van der Waals surface area contributed by atoms with Crippen molar-refractivity contribution in [2.45, 2.75) is 70.4 Å². The van der Waals surface area contributed by atoms with Gasteiger partial charge in [-0.05, 0) is 95.1 Å². The smallest absolute Gasteiger partial charge is 0.253 e. The van der Waals surface area contributed by atoms with Crippen molar-refractivity contribution in [1.82, 2.24) is 15.2 Å². The molecular formula is C28H35N3O2. The molecule has 5 heteroatoms. The fraction of sp³-hybridized carbons (Fsp3) is 0.500. The van der Waals surface area contributed by atoms with E-state index in [4.69, 9.17) is 4.42 Å². The first kappa shape index (κ1) is 22.1. The van der Waals surface area contributed by atoms with Crippen molar-refractivity contribution < 1.29 is 9.21 Å². The zero-order valence-corrected chi connectivity index (χ0v) is 19.6. The lowest BCUT2D eigenvalue weighted by Crippen LogP contribution is -2.39. The van der Waals surface area contributed by atoms with Crippen molar-refractivity contribution in [3.05, 3.63) is 65.7 Å². The van der Waals surface area contributed by atoms with Crippen LogP contribution in [0, 0.1) is 12.8 Å². The van der Waals surface area contributed by atoms with Gasteiger partial charge in [-0.15, -0.1) is 0 Å². The van der Waals surface area contributed by atoms with E-state index in [0.717, 1.165) is 36.8 Å². The molecule has 2 aliphatic carbocycles. The Balaban J connectivity index is 1.11. The first-order valence-electron chi connectivity index (χ1n) is 12.6. The average Bonchev–Trinajstić information content (AvgIpc) is 3.32. The second-order valence-corrected chi connectivity index (χ2v) is 9.94. The Labute approximate surface area is 196 Å². The highest BCUT2D eigenvalue weighted by Crippen LogP contribution is 2.36. The number of pyridine rings is 1. The number of carbonyl (C=O) groups is 1. The summed E-state index contributed by atoms with van der Waals surface area (Å²) in [6.07, 6.45) is 13.2. The van der Waals surface area contributed by atoms with Gasteiger partial charge in [0.15, 0.2) is 0 Å². The van der Waals surface area contributed by atoms with Crippen molar-refractivity contribution >= 4 is 5.91 Å². The minimum Gasteiger partial charge on any atom is -0.464 e. The van der Waals surface area contributed by atoms with E-state index in [0.29, 0.717) is 11.6 Å². The molecule has 3 heterocycles. The summed E-state index contributed by atoms with van der Waals surface area (Å²) in [7, 11) is 0. The maximum Gasteiger partial charge on any atom is 0.253 e. The van der Waals surface area contributed by atoms with Gasteiger partial charge in [-0.25, -0.2) is 0 Å². The largest absolute Gasteiger partial charge is 0.464 e. The molecule has 1 aromatic rings. The molecule has 5 nitrogen and oxygen atoms in total. The molecule has 0 spiro atoms. The van der Waals surface area contributed by atoms with Crippen molar-refractivity contribution in [1.29, 1.82) is 0 Å². The molecule has 33 heavy (non-hydrogen) atoms. The Kier molecular flexibility index (Phi) is 6.77. The fourth-order valence-electron chi connectivity index (χ4n) is 5.61. The highest BCUT2D eigenvalue weighted by molar-refractivity contribution is 5.94. The average molecular weight is 446 g/mol. The highest BCUT2D eigenvalue weighted by Gasteiger charge is 2.28. The summed E-state index contributed by atoms with van der Waals surface area (Å²) >= 11 is 0. The van der Waals surface area contributed by atoms with E-state index in [2.05, 4.69) is 33.4 Å². The first-order chi connectivity index (χ1) is 16.2. The van der Waals surface area contributed by atoms with E-state index in [-0.39, 0.29) is 11.9 Å². The normalized spacial score (nSPS) is 24.1. The Bertz CT molecular complexity index is 1020. The SMILES string of the molecule is Cc1ccc(C(=O)N[C@H]2CC[C@H](CCN3CCCCC3c3coc4cccc-4c3)CC2)cn1. The van der Waals surface area contributed by atoms with E-state index < -0.39 is 0 Å². The molecule has 1 aromatic heterocycles. The minimum absolute atomic E-state index is 0.00862. The Hall–Kier alpha value is -2.66. The first-order valence-corrected chi connectivity index (χ1v) is 12.6. The van der Waals surface area contributed by atoms with Crippen molar-refractivity contribution in [2.75, 3.05) is 13.1 Å². The number of hydrogen-bond acceptors (Lipinski definition) is 4. The summed E-state index contributed by atoms with van der Waals surface area (Å²) in [5.74, 6) is 1.74. The Morgan fingerprint density at radius 3 is 2.82 bits per heavy atom. The summed E-state index contributed by atoms with van der Waals surface area (Å²) in [6.45, 7) is 4.27. The third-order valence-electron chi connectivity index (χ3n) is 7.63. The van der Waals surface area contributed by atoms with E-state index >= 15 is 0 Å². The van der Waals surface area contributed by atoms with Crippen LogP contribution in [-0.4, -0.2) is 34.9 Å². The molecule has 0 bridgehead atoms. The summed E-state index contributed by atoms with van der Waals surface area (Å²) in [4.78, 5) is 19.4. The third kappa shape index (κ3) is 5.30. The quantitative estimate of drug-likeness (QED) is 0.506. The molecule has 5 rings (SSSR count). The number of rotatable bonds is 6. The van der Waals surface area contributed by atoms with Crippen LogP contribution in [0.5, 0.6) is 0 Å². The van der Waals surface area contributed by atoms with E-state index in [1.165, 1.54) is 56.2 Å². The molecule has 1 unspecified atom stereocenters. The van der Waals surface area contributed by atoms with Gasteiger partial charge in [0.25, 0.3) is 5.91 Å². The van der Waals surface area contributed by atoms with E-state index in [1.807, 2.05) is 31.4 Å². The molecule has 4 aliphatic rings. The van der Waals surface area contributed by atoms with Gasteiger partial charge in [-0.1, -0.05) is 18.6 Å². The molecule has 1 atom stereocenters. The third-order valence-corrected chi connectivity index (χ3v) is 7.63. The van der Waals surface area contributed by atoms with Crippen LogP contribution in [0.4, 0.5) is 0 Å². The number of aromatic nitrogens is 1. The number of hydrogen-bond donors (Lipinski definition) is 1. The standard InChI is InChI=1S/C28H35N3O2/c1-20-8-11-23(18-29-20)28(32)30-25-12-9-21(10-13-25)14-16-31-15-3-2-6-26(31)24-17-22-5-4-7-27(22)33-19-24/h4-5,7-8,11,17-19,21,25-26H,2-3,6,9-10,12-16H2,1H3,(H,30,32)/t21-,25-,26?. The minimum atomic E-state index is 0.00862. The molecule has 0 aromatic carbocycles. The monoisotopic (exact) mass is 445 g/mol. The maximum absolute atomic E-state index is 12.5. The molecule has 1 N–H and O–H groups in total. The lowest BCUT2D eigenvalue weighted by Gasteiger charge is -2.37. The highest BCUT2D eigenvalue weighted by atomic mass is 16.3. The predicted molar refractivity (Wildman–Crippen MR) is 130 cm³/mol. The van der Waals surface area contributed by atoms with Crippen LogP contribution in [0.3, 0.4) is 0 Å². The zero-order chi connectivity index (χ0) is 22.6. The van der Waals surface area contributed by atoms with Crippen LogP contribution in [0.1, 0.15) is 79.0 Å². The predicted octanol–water partition coefficient (Wildman–Crippen LogP) is 5.99. The van der Waals surface area contributed by atoms with Crippen LogP contribution in [0.15, 0.2) is 53.3 Å². The Morgan fingerprint density at radius 2 is 2.00 bits per heavy atom. The summed E-state index contributed by atoms with van der Waals surface area (Å²) in [6, 6.07) is 13.1. The molecule has 1 amide bonds. The summed E-state index contributed by atoms with van der Waals surface area (Å²) < 4.78 is 5.89. The number of nitrogens with one attached hydrogen (secondary N) is 1. The van der Waals surface area contributed by atoms with Crippen molar-refractivity contribution in [2.24, 2.45) is 5.92 Å². The molecule has 174 valence electrons. The van der Waals surface area contributed by atoms with Gasteiger partial charge in [0.2, 0.25) is 0 Å². The van der Waals surface area contributed by atoms with E-state index in [9.17, 15) is 4.79 Å². The molecule has 1 saturated heterocycles. The van der Waals surface area contributed by atoms with Crippen LogP contribution in [0.25, 0.3) is 11.3 Å². The van der Waals surface area contributed by atoms with Gasteiger partial charge < -0.3 is 9.73 Å². The molecular weight excluding hydrogens is 410 g/mol. The number of aryl methyl sites for hydroxylation is 1. The van der Waals surface area contributed by atoms with Crippen LogP contribution in [0.2, 0.25) is 0 Å². The van der Waals surface area contributed by atoms with Crippen LogP contribution >= 0.6 is 0 Å². The number of amides is 1. The number of nitrogens with zero attached hydrogens (tertiary/aromatic N) is 2. The van der Waals surface area contributed by atoms with E-state index in [1.54, 1.807) is 6.20 Å². The van der Waals surface area contributed by atoms with Gasteiger partial charge in [0, 0.05) is 35.1 Å². The van der Waals surface area contributed by atoms with Crippen LogP contribution in [-0.2, 0) is 0 Å². The lowest BCUT2D eigenvalue weighted by molar-refractivity contribution is 0.0915. The van der Waals surface area contributed by atoms with Gasteiger partial charge in [-0.2, -0.15) is 0 Å². The second-order valence-electron chi connectivity index (χ2n) is 9.94. The van der Waals surface area contributed by atoms with Crippen LogP contribution < -0.4 is 5.32 Å². The summed E-state index contributed by atoms with van der Waals surface area (Å²) in [5, 5.41) is 3.22. The van der Waals surface area contributed by atoms with Crippen molar-refractivity contribution in [3.63, 3.8) is 0 Å². The van der Waals surface area contributed by atoms with Gasteiger partial charge in [0.1, 0.15) is 5.76 Å². The number of fused-ring (bicyclic) bond motifs is 1. The molecule has 0 radical (unpaired) electrons. The lowest BCUT2D eigenvalue weighted by atomic mass is 9.83. The molecule has 2 aliphatic heterocycles. The zero-order valence-electron chi connectivity index (χ0n) is 19.6. The van der Waals surface area contributed by atoms with Gasteiger partial charge >= 0.3 is 0 Å². The Morgan fingerprint density at radius 1 is 1.12 bits per heavy atom. The topological polar surface area (TPSA) is 58.4 Å². The number of carbonyl (C=O) groups excluding carboxylic acids is 1. The molecule has 2 fully saturated rings. The molecule has 1 saturated carbocycles. The van der Waals surface area contributed by atoms with Gasteiger partial charge in [-0.3, -0.25) is 14.7 Å². The number of likely N-dealkylation sites (tertiary alicyclic amines) is 1. The number of piperidine rings is 1. The summed E-state index contributed by atoms with van der Waals surface area (Å²) in [5.41, 5.74) is 4.12. The maximum atomic E-state index is 12.5. The van der Waals surface area contributed by atoms with Crippen molar-refractivity contribution in [3.8, 4) is 11.3 Å². The van der Waals surface area contributed by atoms with Gasteiger partial charge in [0.05, 0.1) is 11.8 Å². The second kappa shape index (κ2) is 10.1. The fourth-order valence-corrected chi connectivity index (χ4v) is 5.61.